The zero-order chi connectivity index (χ0) is 68.4. The molecule has 11 rings (SSSR count). The van der Waals surface area contributed by atoms with Crippen LogP contribution in [-0.2, 0) is 54.5 Å². The number of anilines is 2. The Kier molecular flexibility index (Phi) is 30.1. The maximum atomic E-state index is 13.0. The van der Waals surface area contributed by atoms with Gasteiger partial charge in [0.1, 0.15) is 40.2 Å². The van der Waals surface area contributed by atoms with Gasteiger partial charge < -0.3 is 39.2 Å². The van der Waals surface area contributed by atoms with Crippen LogP contribution < -0.4 is 32.2 Å². The van der Waals surface area contributed by atoms with E-state index in [1.54, 1.807) is 73.9 Å². The molecule has 3 aliphatic rings. The number of benzene rings is 6. The summed E-state index contributed by atoms with van der Waals surface area (Å²) in [4.78, 5) is 17.4. The normalized spacial score (nSPS) is 13.8. The molecule has 3 aliphatic heterocycles. The van der Waals surface area contributed by atoms with E-state index in [-0.39, 0.29) is 85.7 Å². The zero-order valence-corrected chi connectivity index (χ0v) is 57.0. The van der Waals surface area contributed by atoms with Gasteiger partial charge in [-0.05, 0) is 132 Å². The van der Waals surface area contributed by atoms with Crippen LogP contribution in [-0.4, -0.2) is 87.3 Å². The van der Waals surface area contributed by atoms with Crippen LogP contribution in [0.5, 0.6) is 40.2 Å². The van der Waals surface area contributed by atoms with E-state index in [0.717, 1.165) is 55.0 Å². The van der Waals surface area contributed by atoms with Crippen LogP contribution in [0.3, 0.4) is 0 Å². The highest BCUT2D eigenvalue weighted by atomic mass is 79.9. The van der Waals surface area contributed by atoms with Crippen LogP contribution in [0.2, 0.25) is 15.1 Å². The van der Waals surface area contributed by atoms with Crippen molar-refractivity contribution in [3.8, 4) is 40.2 Å². The Balaban J connectivity index is 0.000000258. The number of nitrogens with one attached hydrogen (secondary N) is 1. The van der Waals surface area contributed by atoms with Gasteiger partial charge in [-0.15, -0.1) is 62.0 Å². The monoisotopic (exact) mass is 1600 g/mol. The highest BCUT2D eigenvalue weighted by molar-refractivity contribution is 9.10. The largest absolute Gasteiger partial charge is 0.573 e. The van der Waals surface area contributed by atoms with E-state index in [2.05, 4.69) is 60.7 Å². The minimum atomic E-state index is -4.92. The minimum absolute atomic E-state index is 0. The molecule has 0 unspecified atom stereocenters. The second kappa shape index (κ2) is 35.4. The molecule has 0 bridgehead atoms. The third kappa shape index (κ3) is 23.8. The maximum Gasteiger partial charge on any atom is 0.573 e. The molecule has 93 heavy (non-hydrogen) atoms. The average Bonchev–Trinajstić information content (AvgIpc) is 1.62. The fourth-order valence-corrected chi connectivity index (χ4v) is 13.6. The Morgan fingerprint density at radius 3 is 1.51 bits per heavy atom. The number of fused-ring (bicyclic) bond motifs is 3. The number of carboxylic acid groups (broad SMARTS) is 1. The predicted octanol–water partition coefficient (Wildman–Crippen LogP) is 15.1. The second-order valence-corrected chi connectivity index (χ2v) is 26.9. The van der Waals surface area contributed by atoms with Crippen molar-refractivity contribution >= 4 is 157 Å². The van der Waals surface area contributed by atoms with Gasteiger partial charge in [-0.1, -0.05) is 73.6 Å². The van der Waals surface area contributed by atoms with E-state index in [9.17, 15) is 56.4 Å². The minimum Gasteiger partial charge on any atom is -0.536 e. The summed E-state index contributed by atoms with van der Waals surface area (Å²) in [6, 6.07) is 31.2. The first-order valence-corrected chi connectivity index (χ1v) is 33.2. The number of hydrogen-bond donors (Lipinski definition) is 5. The number of alkyl halides is 8. The first-order chi connectivity index (χ1) is 43.1. The Hall–Kier alpha value is -6.40. The number of halogens is 14. The number of pyridine rings is 2. The molecule has 1 radical (unpaired) electrons. The van der Waals surface area contributed by atoms with Crippen LogP contribution in [0.1, 0.15) is 30.0 Å². The van der Waals surface area contributed by atoms with E-state index < -0.39 is 60.3 Å². The molecule has 0 atom stereocenters. The van der Waals surface area contributed by atoms with Crippen molar-refractivity contribution in [3.63, 3.8) is 0 Å². The summed E-state index contributed by atoms with van der Waals surface area (Å²) in [6.07, 6.45) is -3.50. The van der Waals surface area contributed by atoms with Crippen molar-refractivity contribution < 1.29 is 95.6 Å². The molecule has 499 valence electrons. The molecule has 0 amide bonds. The molecule has 38 heteroatoms. The van der Waals surface area contributed by atoms with Gasteiger partial charge in [-0.25, -0.2) is 30.0 Å². The first kappa shape index (κ1) is 79.0. The van der Waals surface area contributed by atoms with Gasteiger partial charge in [0.15, 0.2) is 0 Å². The lowest BCUT2D eigenvalue weighted by Crippen LogP contribution is -2.24. The van der Waals surface area contributed by atoms with E-state index >= 15 is 0 Å². The topological polar surface area (TPSA) is 282 Å². The quantitative estimate of drug-likeness (QED) is 0.0510. The van der Waals surface area contributed by atoms with Gasteiger partial charge in [0.05, 0.1) is 72.0 Å². The number of rotatable bonds is 9. The van der Waals surface area contributed by atoms with Crippen LogP contribution in [0.4, 0.5) is 37.7 Å². The number of phenolic OH excluding ortho intramolecular Hbond substituents is 1. The van der Waals surface area contributed by atoms with E-state index in [1.807, 2.05) is 6.07 Å². The summed E-state index contributed by atoms with van der Waals surface area (Å²) in [7, 11) is -10.6. The number of ether oxygens (including phenoxy) is 3. The van der Waals surface area contributed by atoms with Crippen molar-refractivity contribution in [2.45, 2.75) is 60.4 Å². The molecule has 0 spiro atoms. The number of carbonyl (C=O) groups is 1. The molecule has 5 N–H and O–H groups in total. The lowest BCUT2D eigenvalue weighted by atomic mass is 10.2. The Labute approximate surface area is 576 Å². The molecule has 8 aromatic rings. The summed E-state index contributed by atoms with van der Waals surface area (Å²) in [5.41, 5.74) is 1.55. The van der Waals surface area contributed by atoms with E-state index in [1.165, 1.54) is 48.8 Å². The van der Waals surface area contributed by atoms with Crippen molar-refractivity contribution in [3.05, 3.63) is 199 Å². The van der Waals surface area contributed by atoms with Crippen molar-refractivity contribution in [2.75, 3.05) is 13.9 Å². The third-order valence-electron chi connectivity index (χ3n) is 11.3. The molecule has 0 fully saturated rings. The van der Waals surface area contributed by atoms with Crippen molar-refractivity contribution in [1.29, 1.82) is 0 Å². The van der Waals surface area contributed by atoms with Crippen LogP contribution in [0, 0.1) is 0 Å². The standard InChI is InChI=1S/C19H12ClF3N2O4S.C14H8BrClF3NO3S.C7H6BrNO2S.C6H5BClO3.C5H5NO.C3H6O2.CH2Cl2.ClH/c20-16-5-3-14(29-19(21,22)23)9-17(16)25-11-12-8-13(4-6-18(12)30(25,26)27)28-15-2-1-7-24-10-15;15-9-1-4-13-8(5-9)7-20(24(13,21)22)12-6-10(2-3-11(12)16)23-14(17,18)19;8-6-1-2-7-5(3-6)4-9-12(7,10)11;8-5-2-1-4(9)3-6(5)11-7-10;7-5-2-1-3-6-4-5;1-2-3(4)5;2-1-3;/h1-10H,11H2;1-6H,7H2;1-3,9H,4H2;1-3,9-10H;1-4,7H;2H2,1H3,(H,4,5);1H2;1H. The summed E-state index contributed by atoms with van der Waals surface area (Å²) in [5.74, 6) is -0.551. The molecule has 2 aromatic heterocycles. The number of nitrogens with zero attached hydrogens (tertiary/aromatic N) is 4. The highest BCUT2D eigenvalue weighted by Gasteiger charge is 2.39. The van der Waals surface area contributed by atoms with Gasteiger partial charge in [0, 0.05) is 52.5 Å². The summed E-state index contributed by atoms with van der Waals surface area (Å²) in [5, 5.41) is 34.0. The van der Waals surface area contributed by atoms with E-state index in [4.69, 9.17) is 83.1 Å². The summed E-state index contributed by atoms with van der Waals surface area (Å²) in [6.45, 7) is 1.84. The van der Waals surface area contributed by atoms with Gasteiger partial charge in [-0.2, -0.15) is 0 Å². The molecule has 5 heterocycles. The SMILES string of the molecule is CCC(=O)O.Cl.ClCCl.O=S1(=O)NCc2cc(Br)ccc21.O=S1(=O)c2ccc(Br)cc2CN1c1cc(OC(F)(F)F)ccc1Cl.O=S1(=O)c2ccc(Oc3cccnc3)cc2CN1c1cc(OC(F)(F)F)ccc1Cl.O[B]Oc1cc(O)ccc1Cl.Oc1cccnc1. The number of carboxylic acids is 1. The Morgan fingerprint density at radius 2 is 1.06 bits per heavy atom. The maximum absolute atomic E-state index is 13.0. The number of phenols is 1. The summed E-state index contributed by atoms with van der Waals surface area (Å²) < 4.78 is 172. The Morgan fingerprint density at radius 1 is 0.613 bits per heavy atom. The summed E-state index contributed by atoms with van der Waals surface area (Å²) >= 11 is 33.7. The van der Waals surface area contributed by atoms with Gasteiger partial charge >= 0.3 is 26.4 Å². The second-order valence-electron chi connectivity index (χ2n) is 17.6. The lowest BCUT2D eigenvalue weighted by Gasteiger charge is -2.19. The smallest absolute Gasteiger partial charge is 0.536 e. The molecule has 0 aliphatic carbocycles. The van der Waals surface area contributed by atoms with Crippen molar-refractivity contribution in [1.82, 2.24) is 14.7 Å². The molecule has 6 aromatic carbocycles. The van der Waals surface area contributed by atoms with Gasteiger partial charge in [0.25, 0.3) is 20.0 Å². The van der Waals surface area contributed by atoms with Crippen LogP contribution in [0.25, 0.3) is 0 Å². The fourth-order valence-electron chi connectivity index (χ4n) is 7.56. The lowest BCUT2D eigenvalue weighted by molar-refractivity contribution is -0.275. The molecule has 20 nitrogen and oxygen atoms in total. The molecular weight excluding hydrogens is 1560 g/mol. The average molecular weight is 1610 g/mol. The first-order valence-electron chi connectivity index (χ1n) is 25.1. The fraction of sp³-hybridized carbons (Fsp3) is 0.145. The van der Waals surface area contributed by atoms with Gasteiger partial charge in [-0.3, -0.25) is 23.4 Å². The molecule has 0 saturated heterocycles. The number of aromatic hydroxyl groups is 2. The zero-order valence-electron chi connectivity index (χ0n) is 46.7. The van der Waals surface area contributed by atoms with Gasteiger partial charge in [0.2, 0.25) is 10.0 Å². The van der Waals surface area contributed by atoms with E-state index in [0.29, 0.717) is 51.2 Å². The third-order valence-corrected chi connectivity index (χ3v) is 18.5. The number of aliphatic carboxylic acids is 1. The number of hydrogen-bond acceptors (Lipinski definition) is 16. The Bertz CT molecular complexity index is 4200. The highest BCUT2D eigenvalue weighted by Crippen LogP contribution is 2.44. The van der Waals surface area contributed by atoms with Crippen LogP contribution in [0.15, 0.2) is 182 Å². The molecule has 0 saturated carbocycles. The number of aromatic nitrogens is 2. The van der Waals surface area contributed by atoms with Crippen LogP contribution >= 0.6 is 102 Å². The van der Waals surface area contributed by atoms with Crippen molar-refractivity contribution in [2.24, 2.45) is 0 Å². The molecular formula is C55H45BBr2Cl6F6N5O15S3. The number of sulfonamides is 3. The predicted molar refractivity (Wildman–Crippen MR) is 345 cm³/mol.